The summed E-state index contributed by atoms with van der Waals surface area (Å²) in [5.74, 6) is 1.79. The Labute approximate surface area is 147 Å². The average Bonchev–Trinajstić information content (AvgIpc) is 3.23. The second-order valence-electron chi connectivity index (χ2n) is 6.42. The van der Waals surface area contributed by atoms with Crippen molar-refractivity contribution in [2.24, 2.45) is 0 Å². The van der Waals surface area contributed by atoms with Crippen molar-refractivity contribution in [1.29, 1.82) is 0 Å². The molecular weight excluding hydrogens is 316 g/mol. The fraction of sp³-hybridized carbons (Fsp3) is 0.421. The molecule has 2 aliphatic heterocycles. The largest absolute Gasteiger partial charge is 0.368 e. The molecule has 0 saturated carbocycles. The van der Waals surface area contributed by atoms with Crippen molar-refractivity contribution in [3.05, 3.63) is 42.6 Å². The Hall–Kier alpha value is -2.47. The molecule has 0 N–H and O–H groups in total. The lowest BCUT2D eigenvalue weighted by Crippen LogP contribution is -2.51. The van der Waals surface area contributed by atoms with Gasteiger partial charge in [0, 0.05) is 44.5 Å². The molecule has 2 aromatic rings. The highest BCUT2D eigenvalue weighted by Gasteiger charge is 2.30. The van der Waals surface area contributed by atoms with Gasteiger partial charge in [0.25, 0.3) is 5.91 Å². The molecule has 2 saturated heterocycles. The van der Waals surface area contributed by atoms with E-state index in [1.54, 1.807) is 6.20 Å². The van der Waals surface area contributed by atoms with Gasteiger partial charge < -0.3 is 14.5 Å². The van der Waals surface area contributed by atoms with Crippen LogP contribution in [-0.4, -0.2) is 59.7 Å². The molecule has 130 valence electrons. The fourth-order valence-electron chi connectivity index (χ4n) is 3.38. The Morgan fingerprint density at radius 3 is 2.60 bits per heavy atom. The van der Waals surface area contributed by atoms with Crippen LogP contribution >= 0.6 is 0 Å². The van der Waals surface area contributed by atoms with E-state index in [-0.39, 0.29) is 12.0 Å². The second kappa shape index (κ2) is 7.19. The number of benzene rings is 1. The van der Waals surface area contributed by atoms with Gasteiger partial charge in [0.2, 0.25) is 0 Å². The Morgan fingerprint density at radius 1 is 1.08 bits per heavy atom. The number of amides is 1. The van der Waals surface area contributed by atoms with Gasteiger partial charge in [-0.25, -0.2) is 9.97 Å². The van der Waals surface area contributed by atoms with Crippen molar-refractivity contribution >= 4 is 11.7 Å². The minimum atomic E-state index is -0.227. The molecule has 6 heteroatoms. The topological polar surface area (TPSA) is 58.6 Å². The third-order valence-electron chi connectivity index (χ3n) is 4.79. The zero-order chi connectivity index (χ0) is 17.1. The van der Waals surface area contributed by atoms with Gasteiger partial charge in [-0.15, -0.1) is 0 Å². The van der Waals surface area contributed by atoms with Crippen LogP contribution in [0, 0.1) is 0 Å². The van der Waals surface area contributed by atoms with Crippen molar-refractivity contribution in [2.75, 3.05) is 37.7 Å². The van der Waals surface area contributed by atoms with Crippen LogP contribution in [0.1, 0.15) is 12.8 Å². The number of anilines is 1. The van der Waals surface area contributed by atoms with Gasteiger partial charge in [-0.05, 0) is 18.9 Å². The SMILES string of the molecule is O=C([C@@H]1CCCO1)N1CCN(c2ccnc(-c3ccccc3)n2)CC1. The summed E-state index contributed by atoms with van der Waals surface area (Å²) in [6, 6.07) is 11.9. The van der Waals surface area contributed by atoms with Crippen molar-refractivity contribution in [2.45, 2.75) is 18.9 Å². The number of carbonyl (C=O) groups excluding carboxylic acids is 1. The molecule has 1 atom stereocenters. The standard InChI is InChI=1S/C19H22N4O2/c24-19(16-7-4-14-25-16)23-12-10-22(11-13-23)17-8-9-20-18(21-17)15-5-2-1-3-6-15/h1-3,5-6,8-9,16H,4,7,10-14H2/t16-/m0/s1. The molecule has 0 unspecified atom stereocenters. The molecule has 0 spiro atoms. The monoisotopic (exact) mass is 338 g/mol. The molecule has 3 heterocycles. The highest BCUT2D eigenvalue weighted by Crippen LogP contribution is 2.20. The quantitative estimate of drug-likeness (QED) is 0.856. The number of hydrogen-bond donors (Lipinski definition) is 0. The number of aromatic nitrogens is 2. The van der Waals surface area contributed by atoms with Crippen LogP contribution in [0.3, 0.4) is 0 Å². The van der Waals surface area contributed by atoms with Crippen LogP contribution in [0.4, 0.5) is 5.82 Å². The van der Waals surface area contributed by atoms with Crippen molar-refractivity contribution in [3.8, 4) is 11.4 Å². The van der Waals surface area contributed by atoms with Crippen LogP contribution in [0.15, 0.2) is 42.6 Å². The molecule has 2 fully saturated rings. The van der Waals surface area contributed by atoms with Crippen LogP contribution in [0.25, 0.3) is 11.4 Å². The first-order valence-electron chi connectivity index (χ1n) is 8.85. The first-order chi connectivity index (χ1) is 12.3. The lowest BCUT2D eigenvalue weighted by molar-refractivity contribution is -0.141. The zero-order valence-electron chi connectivity index (χ0n) is 14.2. The minimum absolute atomic E-state index is 0.143. The number of ether oxygens (including phenoxy) is 1. The van der Waals surface area contributed by atoms with E-state index >= 15 is 0 Å². The van der Waals surface area contributed by atoms with Gasteiger partial charge in [0.05, 0.1) is 0 Å². The summed E-state index contributed by atoms with van der Waals surface area (Å²) in [4.78, 5) is 25.7. The first-order valence-corrected chi connectivity index (χ1v) is 8.85. The summed E-state index contributed by atoms with van der Waals surface area (Å²) in [7, 11) is 0. The van der Waals surface area contributed by atoms with Gasteiger partial charge in [-0.2, -0.15) is 0 Å². The Balaban J connectivity index is 1.42. The highest BCUT2D eigenvalue weighted by molar-refractivity contribution is 5.81. The van der Waals surface area contributed by atoms with E-state index in [1.165, 1.54) is 0 Å². The van der Waals surface area contributed by atoms with E-state index in [1.807, 2.05) is 41.3 Å². The molecule has 1 aromatic carbocycles. The summed E-state index contributed by atoms with van der Waals surface area (Å²) in [5, 5.41) is 0. The van der Waals surface area contributed by atoms with Crippen molar-refractivity contribution in [3.63, 3.8) is 0 Å². The van der Waals surface area contributed by atoms with Gasteiger partial charge in [0.15, 0.2) is 5.82 Å². The van der Waals surface area contributed by atoms with E-state index in [0.717, 1.165) is 43.1 Å². The number of piperazine rings is 1. The minimum Gasteiger partial charge on any atom is -0.368 e. The third kappa shape index (κ3) is 3.49. The second-order valence-corrected chi connectivity index (χ2v) is 6.42. The summed E-state index contributed by atoms with van der Waals surface area (Å²) >= 11 is 0. The molecule has 0 bridgehead atoms. The predicted octanol–water partition coefficient (Wildman–Crippen LogP) is 1.97. The maximum absolute atomic E-state index is 12.4. The summed E-state index contributed by atoms with van der Waals surface area (Å²) < 4.78 is 5.52. The molecule has 1 aromatic heterocycles. The van der Waals surface area contributed by atoms with Crippen LogP contribution in [0.5, 0.6) is 0 Å². The first kappa shape index (κ1) is 16.0. The molecule has 4 rings (SSSR count). The normalized spacial score (nSPS) is 20.7. The molecule has 1 amide bonds. The Kier molecular flexibility index (Phi) is 4.61. The van der Waals surface area contributed by atoms with Gasteiger partial charge in [-0.1, -0.05) is 30.3 Å². The Bertz CT molecular complexity index is 723. The zero-order valence-corrected chi connectivity index (χ0v) is 14.2. The smallest absolute Gasteiger partial charge is 0.251 e. The van der Waals surface area contributed by atoms with Crippen molar-refractivity contribution in [1.82, 2.24) is 14.9 Å². The van der Waals surface area contributed by atoms with E-state index in [2.05, 4.69) is 9.88 Å². The molecule has 0 radical (unpaired) electrons. The number of carbonyl (C=O) groups is 1. The third-order valence-corrected chi connectivity index (χ3v) is 4.79. The molecular formula is C19H22N4O2. The lowest BCUT2D eigenvalue weighted by atomic mass is 10.2. The van der Waals surface area contributed by atoms with Crippen molar-refractivity contribution < 1.29 is 9.53 Å². The van der Waals surface area contributed by atoms with E-state index in [0.29, 0.717) is 19.7 Å². The van der Waals surface area contributed by atoms with E-state index < -0.39 is 0 Å². The number of rotatable bonds is 3. The van der Waals surface area contributed by atoms with Crippen LogP contribution in [0.2, 0.25) is 0 Å². The number of nitrogens with zero attached hydrogens (tertiary/aromatic N) is 4. The number of hydrogen-bond acceptors (Lipinski definition) is 5. The maximum Gasteiger partial charge on any atom is 0.251 e. The average molecular weight is 338 g/mol. The molecule has 25 heavy (non-hydrogen) atoms. The summed E-state index contributed by atoms with van der Waals surface area (Å²) in [5.41, 5.74) is 1.01. The summed E-state index contributed by atoms with van der Waals surface area (Å²) in [6.45, 7) is 3.69. The highest BCUT2D eigenvalue weighted by atomic mass is 16.5. The van der Waals surface area contributed by atoms with Gasteiger partial charge in [-0.3, -0.25) is 4.79 Å². The molecule has 2 aliphatic rings. The fourth-order valence-corrected chi connectivity index (χ4v) is 3.38. The Morgan fingerprint density at radius 2 is 1.88 bits per heavy atom. The van der Waals surface area contributed by atoms with Crippen LogP contribution < -0.4 is 4.90 Å². The summed E-state index contributed by atoms with van der Waals surface area (Å²) in [6.07, 6.45) is 3.41. The molecule has 6 nitrogen and oxygen atoms in total. The lowest BCUT2D eigenvalue weighted by Gasteiger charge is -2.36. The predicted molar refractivity (Wildman–Crippen MR) is 95.2 cm³/mol. The molecule has 0 aliphatic carbocycles. The van der Waals surface area contributed by atoms with Gasteiger partial charge >= 0.3 is 0 Å². The van der Waals surface area contributed by atoms with Crippen LogP contribution in [-0.2, 0) is 9.53 Å². The van der Waals surface area contributed by atoms with E-state index in [9.17, 15) is 4.79 Å². The van der Waals surface area contributed by atoms with E-state index in [4.69, 9.17) is 9.72 Å². The van der Waals surface area contributed by atoms with Gasteiger partial charge in [0.1, 0.15) is 11.9 Å². The maximum atomic E-state index is 12.4.